The molecule has 4 aromatic carbocycles. The topological polar surface area (TPSA) is 137 Å². The smallest absolute Gasteiger partial charge is 0.343 e. The van der Waals surface area contributed by atoms with Gasteiger partial charge in [0.05, 0.1) is 24.6 Å². The molecular weight excluding hydrogens is 618 g/mol. The summed E-state index contributed by atoms with van der Waals surface area (Å²) in [5.74, 6) is -0.204. The fourth-order valence-electron chi connectivity index (χ4n) is 5.10. The average Bonchev–Trinajstić information content (AvgIpc) is 3.11. The van der Waals surface area contributed by atoms with Gasteiger partial charge in [-0.25, -0.2) is 4.79 Å². The van der Waals surface area contributed by atoms with Gasteiger partial charge in [-0.1, -0.05) is 69.0 Å². The third kappa shape index (κ3) is 12.0. The van der Waals surface area contributed by atoms with Crippen LogP contribution in [0.3, 0.4) is 0 Å². The van der Waals surface area contributed by atoms with Crippen LogP contribution < -0.4 is 25.8 Å². The standard InChI is InChI=1S/C40H45N3O6/c1-3-4-5-6-7-24-48-35-22-16-33(17-23-35)40(47)49-36-20-12-29(13-21-36)25-37(28(2)44)43-39(46)32-14-18-34(19-15-32)42-38(45)26-30-8-10-31(27-41)11-9-30/h8-23,37H,3-7,24-27,41H2,1-2H3,(H,42,45)(H,43,46)/t37-/m0/s1. The molecule has 0 heterocycles. The van der Waals surface area contributed by atoms with Crippen molar-refractivity contribution in [1.29, 1.82) is 0 Å². The van der Waals surface area contributed by atoms with E-state index < -0.39 is 17.9 Å². The van der Waals surface area contributed by atoms with Crippen LogP contribution in [0, 0.1) is 0 Å². The maximum atomic E-state index is 13.0. The molecular formula is C40H45N3O6. The molecule has 4 rings (SSSR count). The summed E-state index contributed by atoms with van der Waals surface area (Å²) in [6, 6.07) is 27.0. The number of ether oxygens (including phenoxy) is 2. The minimum absolute atomic E-state index is 0.182. The van der Waals surface area contributed by atoms with Crippen molar-refractivity contribution in [3.8, 4) is 11.5 Å². The third-order valence-corrected chi connectivity index (χ3v) is 8.03. The largest absolute Gasteiger partial charge is 0.494 e. The highest BCUT2D eigenvalue weighted by Gasteiger charge is 2.19. The summed E-state index contributed by atoms with van der Waals surface area (Å²) in [7, 11) is 0. The van der Waals surface area contributed by atoms with E-state index in [-0.39, 0.29) is 24.5 Å². The van der Waals surface area contributed by atoms with Gasteiger partial charge in [-0.05, 0) is 97.1 Å². The van der Waals surface area contributed by atoms with E-state index in [1.807, 2.05) is 24.3 Å². The molecule has 9 heteroatoms. The Bertz CT molecular complexity index is 1670. The molecule has 0 aliphatic carbocycles. The molecule has 0 radical (unpaired) electrons. The van der Waals surface area contributed by atoms with Crippen molar-refractivity contribution in [2.45, 2.75) is 71.4 Å². The molecule has 0 bridgehead atoms. The number of carbonyl (C=O) groups excluding carboxylic acids is 4. The van der Waals surface area contributed by atoms with Crippen LogP contribution in [0.2, 0.25) is 0 Å². The van der Waals surface area contributed by atoms with Gasteiger partial charge < -0.3 is 25.8 Å². The number of Topliss-reactive ketones (excluding diaryl/α,β-unsaturated/α-hetero) is 1. The fraction of sp³-hybridized carbons (Fsp3) is 0.300. The van der Waals surface area contributed by atoms with Crippen LogP contribution in [0.4, 0.5) is 5.69 Å². The highest BCUT2D eigenvalue weighted by molar-refractivity contribution is 5.98. The number of carbonyl (C=O) groups is 4. The van der Waals surface area contributed by atoms with Gasteiger partial charge in [0.2, 0.25) is 5.91 Å². The molecule has 4 aromatic rings. The lowest BCUT2D eigenvalue weighted by molar-refractivity contribution is -0.119. The summed E-state index contributed by atoms with van der Waals surface area (Å²) in [4.78, 5) is 50.6. The molecule has 0 saturated carbocycles. The molecule has 0 spiro atoms. The highest BCUT2D eigenvalue weighted by Crippen LogP contribution is 2.19. The number of unbranched alkanes of at least 4 members (excludes halogenated alkanes) is 4. The van der Waals surface area contributed by atoms with Crippen LogP contribution >= 0.6 is 0 Å². The summed E-state index contributed by atoms with van der Waals surface area (Å²) in [5.41, 5.74) is 9.58. The van der Waals surface area contributed by atoms with Crippen molar-refractivity contribution in [2.24, 2.45) is 5.73 Å². The summed E-state index contributed by atoms with van der Waals surface area (Å²) >= 11 is 0. The lowest BCUT2D eigenvalue weighted by Gasteiger charge is -2.17. The number of rotatable bonds is 18. The summed E-state index contributed by atoms with van der Waals surface area (Å²) < 4.78 is 11.3. The Morgan fingerprint density at radius 2 is 1.29 bits per heavy atom. The quantitative estimate of drug-likeness (QED) is 0.0603. The lowest BCUT2D eigenvalue weighted by atomic mass is 10.0. The van der Waals surface area contributed by atoms with Gasteiger partial charge in [0.1, 0.15) is 11.5 Å². The second kappa shape index (κ2) is 18.9. The number of anilines is 1. The minimum atomic E-state index is -0.761. The molecule has 0 aliphatic rings. The number of nitrogens with one attached hydrogen (secondary N) is 2. The molecule has 256 valence electrons. The number of hydrogen-bond donors (Lipinski definition) is 3. The zero-order valence-corrected chi connectivity index (χ0v) is 28.2. The number of amides is 2. The Balaban J connectivity index is 1.24. The van der Waals surface area contributed by atoms with Crippen LogP contribution in [0.25, 0.3) is 0 Å². The first-order valence-corrected chi connectivity index (χ1v) is 16.8. The Morgan fingerprint density at radius 1 is 0.694 bits per heavy atom. The van der Waals surface area contributed by atoms with Crippen LogP contribution in [-0.2, 0) is 29.0 Å². The van der Waals surface area contributed by atoms with Crippen molar-refractivity contribution >= 4 is 29.3 Å². The van der Waals surface area contributed by atoms with E-state index in [1.54, 1.807) is 72.8 Å². The van der Waals surface area contributed by atoms with Crippen LogP contribution in [0.15, 0.2) is 97.1 Å². The van der Waals surface area contributed by atoms with Crippen molar-refractivity contribution in [2.75, 3.05) is 11.9 Å². The molecule has 49 heavy (non-hydrogen) atoms. The maximum absolute atomic E-state index is 13.0. The predicted molar refractivity (Wildman–Crippen MR) is 191 cm³/mol. The zero-order chi connectivity index (χ0) is 35.0. The number of nitrogens with two attached hydrogens (primary N) is 1. The van der Waals surface area contributed by atoms with Crippen molar-refractivity contribution in [3.63, 3.8) is 0 Å². The minimum Gasteiger partial charge on any atom is -0.494 e. The zero-order valence-electron chi connectivity index (χ0n) is 28.2. The first-order chi connectivity index (χ1) is 23.7. The number of esters is 1. The average molecular weight is 664 g/mol. The van der Waals surface area contributed by atoms with Crippen molar-refractivity contribution in [3.05, 3.63) is 125 Å². The molecule has 0 saturated heterocycles. The van der Waals surface area contributed by atoms with Gasteiger partial charge in [-0.15, -0.1) is 0 Å². The Kier molecular flexibility index (Phi) is 14.1. The van der Waals surface area contributed by atoms with Gasteiger partial charge in [0.25, 0.3) is 5.91 Å². The Labute approximate surface area is 288 Å². The number of benzene rings is 4. The molecule has 9 nitrogen and oxygen atoms in total. The molecule has 4 N–H and O–H groups in total. The first kappa shape index (κ1) is 36.6. The number of hydrogen-bond acceptors (Lipinski definition) is 7. The summed E-state index contributed by atoms with van der Waals surface area (Å²) in [6.07, 6.45) is 6.28. The molecule has 0 aliphatic heterocycles. The SMILES string of the molecule is CCCCCCCOc1ccc(C(=O)Oc2ccc(C[C@H](NC(=O)c3ccc(NC(=O)Cc4ccc(CN)cc4)cc3)C(C)=O)cc2)cc1. The molecule has 0 unspecified atom stereocenters. The third-order valence-electron chi connectivity index (χ3n) is 8.03. The second-order valence-corrected chi connectivity index (χ2v) is 12.0. The van der Waals surface area contributed by atoms with Crippen LogP contribution in [-0.4, -0.2) is 36.2 Å². The van der Waals surface area contributed by atoms with Crippen molar-refractivity contribution in [1.82, 2.24) is 5.32 Å². The van der Waals surface area contributed by atoms with Crippen LogP contribution in [0.5, 0.6) is 11.5 Å². The van der Waals surface area contributed by atoms with Gasteiger partial charge in [0, 0.05) is 17.8 Å². The first-order valence-electron chi connectivity index (χ1n) is 16.8. The Hall–Kier alpha value is -5.28. The van der Waals surface area contributed by atoms with Gasteiger partial charge in [0.15, 0.2) is 5.78 Å². The predicted octanol–water partition coefficient (Wildman–Crippen LogP) is 6.83. The lowest BCUT2D eigenvalue weighted by Crippen LogP contribution is -2.41. The van der Waals surface area contributed by atoms with Crippen molar-refractivity contribution < 1.29 is 28.7 Å². The van der Waals surface area contributed by atoms with E-state index in [0.29, 0.717) is 41.5 Å². The van der Waals surface area contributed by atoms with E-state index in [4.69, 9.17) is 15.2 Å². The van der Waals surface area contributed by atoms with Crippen LogP contribution in [0.1, 0.15) is 83.4 Å². The highest BCUT2D eigenvalue weighted by atomic mass is 16.5. The van der Waals surface area contributed by atoms with Gasteiger partial charge in [-0.2, -0.15) is 0 Å². The molecule has 0 fully saturated rings. The van der Waals surface area contributed by atoms with Gasteiger partial charge in [-0.3, -0.25) is 14.4 Å². The normalized spacial score (nSPS) is 11.3. The van der Waals surface area contributed by atoms with E-state index in [0.717, 1.165) is 29.5 Å². The van der Waals surface area contributed by atoms with E-state index in [2.05, 4.69) is 17.6 Å². The fourth-order valence-corrected chi connectivity index (χ4v) is 5.10. The number of ketones is 1. The van der Waals surface area contributed by atoms with E-state index in [9.17, 15) is 19.2 Å². The maximum Gasteiger partial charge on any atom is 0.343 e. The van der Waals surface area contributed by atoms with E-state index in [1.165, 1.54) is 26.2 Å². The second-order valence-electron chi connectivity index (χ2n) is 12.0. The molecule has 0 aromatic heterocycles. The van der Waals surface area contributed by atoms with E-state index >= 15 is 0 Å². The monoisotopic (exact) mass is 663 g/mol. The molecule has 1 atom stereocenters. The van der Waals surface area contributed by atoms with Gasteiger partial charge >= 0.3 is 5.97 Å². The Morgan fingerprint density at radius 3 is 1.92 bits per heavy atom. The summed E-state index contributed by atoms with van der Waals surface area (Å²) in [6.45, 7) is 4.70. The molecule has 2 amide bonds. The summed E-state index contributed by atoms with van der Waals surface area (Å²) in [5, 5.41) is 5.63.